The summed E-state index contributed by atoms with van der Waals surface area (Å²) in [5.74, 6) is 0. The number of hydrogen-bond acceptors (Lipinski definition) is 2. The maximum atomic E-state index is 6.85. The molecule has 0 atom stereocenters. The van der Waals surface area contributed by atoms with E-state index in [2.05, 4.69) is 266 Å². The molecule has 2 heterocycles. The van der Waals surface area contributed by atoms with Crippen molar-refractivity contribution >= 4 is 88.9 Å². The predicted molar refractivity (Wildman–Crippen MR) is 304 cm³/mol. The van der Waals surface area contributed by atoms with Crippen molar-refractivity contribution in [1.82, 2.24) is 4.57 Å². The molecule has 0 aliphatic heterocycles. The Labute approximate surface area is 414 Å². The van der Waals surface area contributed by atoms with Crippen LogP contribution in [0.1, 0.15) is 29.2 Å². The summed E-state index contributed by atoms with van der Waals surface area (Å²) < 4.78 is 9.16. The summed E-state index contributed by atoms with van der Waals surface area (Å²) in [5.41, 5.74) is 18.4. The molecule has 10 aromatic carbocycles. The zero-order chi connectivity index (χ0) is 47.8. The highest BCUT2D eigenvalue weighted by molar-refractivity contribution is 6.15. The van der Waals surface area contributed by atoms with Crippen LogP contribution in [-0.4, -0.2) is 4.57 Å². The van der Waals surface area contributed by atoms with E-state index in [-0.39, 0.29) is 0 Å². The lowest BCUT2D eigenvalue weighted by Gasteiger charge is -2.28. The molecule has 0 saturated carbocycles. The van der Waals surface area contributed by atoms with Crippen molar-refractivity contribution in [1.29, 1.82) is 0 Å². The molecule has 0 spiro atoms. The van der Waals surface area contributed by atoms with E-state index in [0.29, 0.717) is 0 Å². The third-order valence-corrected chi connectivity index (χ3v) is 13.9. The maximum Gasteiger partial charge on any atom is 0.143 e. The average Bonchev–Trinajstić information content (AvgIpc) is 3.96. The molecule has 0 unspecified atom stereocenters. The molecule has 3 nitrogen and oxygen atoms in total. The summed E-state index contributed by atoms with van der Waals surface area (Å²) in [4.78, 5) is 2.37. The van der Waals surface area contributed by atoms with Gasteiger partial charge in [0.2, 0.25) is 0 Å². The van der Waals surface area contributed by atoms with Gasteiger partial charge in [-0.3, -0.25) is 0 Å². The van der Waals surface area contributed by atoms with Gasteiger partial charge in [0.15, 0.2) is 0 Å². The van der Waals surface area contributed by atoms with Crippen LogP contribution in [0.5, 0.6) is 0 Å². The fourth-order valence-electron chi connectivity index (χ4n) is 10.6. The molecule has 0 fully saturated rings. The Hall–Kier alpha value is -9.18. The molecule has 0 aliphatic rings. The molecular weight excluding hydrogens is 861 g/mol. The van der Waals surface area contributed by atoms with E-state index < -0.39 is 0 Å². The van der Waals surface area contributed by atoms with Gasteiger partial charge >= 0.3 is 0 Å². The summed E-state index contributed by atoms with van der Waals surface area (Å²) in [7, 11) is 0. The van der Waals surface area contributed by atoms with E-state index in [9.17, 15) is 0 Å². The first-order valence-corrected chi connectivity index (χ1v) is 24.3. The number of allylic oxidation sites excluding steroid dienone is 5. The highest BCUT2D eigenvalue weighted by Gasteiger charge is 2.22. The number of rotatable bonds is 12. The number of furan rings is 1. The van der Waals surface area contributed by atoms with Crippen LogP contribution in [0, 0.1) is 0 Å². The second kappa shape index (κ2) is 18.4. The van der Waals surface area contributed by atoms with Crippen LogP contribution in [0.3, 0.4) is 0 Å². The van der Waals surface area contributed by atoms with Crippen LogP contribution in [-0.2, 0) is 6.42 Å². The van der Waals surface area contributed by atoms with Crippen molar-refractivity contribution in [3.8, 4) is 22.3 Å². The minimum Gasteiger partial charge on any atom is -0.455 e. The van der Waals surface area contributed by atoms with E-state index in [0.717, 1.165) is 95.4 Å². The molecule has 3 heteroatoms. The summed E-state index contributed by atoms with van der Waals surface area (Å²) in [6.45, 7) is 10.8. The Morgan fingerprint density at radius 1 is 0.521 bits per heavy atom. The number of anilines is 3. The number of para-hydroxylation sites is 4. The predicted octanol–water partition coefficient (Wildman–Crippen LogP) is 19.0. The van der Waals surface area contributed by atoms with Gasteiger partial charge in [0.25, 0.3) is 0 Å². The van der Waals surface area contributed by atoms with Gasteiger partial charge in [0, 0.05) is 49.6 Å². The van der Waals surface area contributed by atoms with Crippen LogP contribution in [0.15, 0.2) is 260 Å². The lowest BCUT2D eigenvalue weighted by Crippen LogP contribution is -2.11. The van der Waals surface area contributed by atoms with Crippen LogP contribution < -0.4 is 4.90 Å². The molecule has 0 amide bonds. The molecule has 12 rings (SSSR count). The van der Waals surface area contributed by atoms with E-state index in [4.69, 9.17) is 4.42 Å². The van der Waals surface area contributed by atoms with Gasteiger partial charge in [0.05, 0.1) is 22.4 Å². The Balaban J connectivity index is 0.986. The van der Waals surface area contributed by atoms with Crippen molar-refractivity contribution in [3.63, 3.8) is 0 Å². The molecule has 12 aromatic rings. The first-order chi connectivity index (χ1) is 35.1. The standard InChI is InChI=1S/C68H50N2O/c1-4-19-47-21-7-8-22-50(47)42-46-20-17-25-51(43-46)48-34-38-54(39-35-48)69(64-31-14-13-28-59(64)60-29-18-30-61-62-44-52-23-9-10-24-53(52)45-67(62)71-68(60)61)55-40-36-49(37-41-55)56(5-2)63(6-3)70-65-32-15-11-26-57(65)58-27-12-16-33-66(58)70/h4-41,43-45H,2-3,42H2,1H3/b19-4-,63-56-. The second-order valence-electron chi connectivity index (χ2n) is 18.1. The fourth-order valence-corrected chi connectivity index (χ4v) is 10.6. The van der Waals surface area contributed by atoms with Gasteiger partial charge in [-0.25, -0.2) is 0 Å². The van der Waals surface area contributed by atoms with E-state index in [1.54, 1.807) is 0 Å². The fraction of sp³-hybridized carbons (Fsp3) is 0.0294. The second-order valence-corrected chi connectivity index (χ2v) is 18.1. The number of hydrogen-bond donors (Lipinski definition) is 0. The average molecular weight is 911 g/mol. The highest BCUT2D eigenvalue weighted by Crippen LogP contribution is 2.46. The lowest BCUT2D eigenvalue weighted by atomic mass is 9.96. The molecular formula is C68H50N2O. The Bertz CT molecular complexity index is 4010. The minimum atomic E-state index is 0.858. The first-order valence-electron chi connectivity index (χ1n) is 24.3. The van der Waals surface area contributed by atoms with Gasteiger partial charge in [-0.15, -0.1) is 0 Å². The Kier molecular flexibility index (Phi) is 11.2. The normalized spacial score (nSPS) is 12.1. The van der Waals surface area contributed by atoms with Crippen molar-refractivity contribution < 1.29 is 4.42 Å². The number of benzene rings is 10. The molecule has 0 bridgehead atoms. The topological polar surface area (TPSA) is 21.3 Å². The summed E-state index contributed by atoms with van der Waals surface area (Å²) in [6, 6.07) is 80.7. The Morgan fingerprint density at radius 2 is 1.14 bits per heavy atom. The van der Waals surface area contributed by atoms with Crippen molar-refractivity contribution in [2.45, 2.75) is 13.3 Å². The molecule has 0 radical (unpaired) electrons. The van der Waals surface area contributed by atoms with Gasteiger partial charge in [-0.05, 0) is 118 Å². The van der Waals surface area contributed by atoms with Gasteiger partial charge in [-0.1, -0.05) is 201 Å². The van der Waals surface area contributed by atoms with E-state index in [1.165, 1.54) is 38.4 Å². The molecule has 0 N–H and O–H groups in total. The minimum absolute atomic E-state index is 0.858. The van der Waals surface area contributed by atoms with Crippen molar-refractivity contribution in [2.75, 3.05) is 4.90 Å². The third-order valence-electron chi connectivity index (χ3n) is 13.9. The zero-order valence-electron chi connectivity index (χ0n) is 39.6. The maximum absolute atomic E-state index is 6.85. The Morgan fingerprint density at radius 3 is 1.87 bits per heavy atom. The van der Waals surface area contributed by atoms with Gasteiger partial charge in [0.1, 0.15) is 11.2 Å². The van der Waals surface area contributed by atoms with Crippen LogP contribution in [0.4, 0.5) is 17.1 Å². The van der Waals surface area contributed by atoms with Gasteiger partial charge < -0.3 is 13.9 Å². The third kappa shape index (κ3) is 7.75. The van der Waals surface area contributed by atoms with Crippen LogP contribution >= 0.6 is 0 Å². The summed E-state index contributed by atoms with van der Waals surface area (Å²) in [6.07, 6.45) is 9.06. The quantitative estimate of drug-likeness (QED) is 0.114. The zero-order valence-corrected chi connectivity index (χ0v) is 39.6. The first kappa shape index (κ1) is 43.1. The molecule has 0 saturated heterocycles. The molecule has 338 valence electrons. The van der Waals surface area contributed by atoms with Crippen LogP contribution in [0.2, 0.25) is 0 Å². The van der Waals surface area contributed by atoms with E-state index in [1.807, 2.05) is 12.2 Å². The largest absolute Gasteiger partial charge is 0.455 e. The van der Waals surface area contributed by atoms with Crippen molar-refractivity contribution in [2.24, 2.45) is 0 Å². The highest BCUT2D eigenvalue weighted by atomic mass is 16.3. The lowest BCUT2D eigenvalue weighted by molar-refractivity contribution is 0.670. The molecule has 0 aliphatic carbocycles. The summed E-state index contributed by atoms with van der Waals surface area (Å²) in [5, 5.41) is 6.95. The van der Waals surface area contributed by atoms with Crippen LogP contribution in [0.25, 0.3) is 94.1 Å². The monoisotopic (exact) mass is 910 g/mol. The van der Waals surface area contributed by atoms with E-state index >= 15 is 0 Å². The smallest absolute Gasteiger partial charge is 0.143 e. The summed E-state index contributed by atoms with van der Waals surface area (Å²) >= 11 is 0. The SMILES string of the molecule is C=C/C(=C(\C=C)n1c2ccccc2c2ccccc21)c1ccc(N(c2ccc(-c3cccc(Cc4ccccc4/C=C\C)c3)cc2)c2ccccc2-c2cccc3c2oc2cc4ccccc4cc23)cc1. The molecule has 71 heavy (non-hydrogen) atoms. The number of fused-ring (bicyclic) bond motifs is 7. The molecule has 2 aromatic heterocycles. The number of aromatic nitrogens is 1. The number of nitrogens with zero attached hydrogens (tertiary/aromatic N) is 2. The van der Waals surface area contributed by atoms with Crippen molar-refractivity contribution in [3.05, 3.63) is 278 Å². The van der Waals surface area contributed by atoms with Gasteiger partial charge in [-0.2, -0.15) is 0 Å².